The highest BCUT2D eigenvalue weighted by atomic mass is 14.9. The van der Waals surface area contributed by atoms with E-state index in [2.05, 4.69) is 11.6 Å². The minimum Gasteiger partial charge on any atom is -0.252 e. The Balaban J connectivity index is 2.72. The highest BCUT2D eigenvalue weighted by Gasteiger charge is 1.89. The molecule has 0 spiro atoms. The molecule has 0 saturated carbocycles. The van der Waals surface area contributed by atoms with Crippen LogP contribution >= 0.6 is 0 Å². The third kappa shape index (κ3) is 1.64. The quantitative estimate of drug-likeness (QED) is 0.412. The largest absolute Gasteiger partial charge is 0.252 e. The van der Waals surface area contributed by atoms with Crippen LogP contribution in [-0.2, 0) is 6.54 Å². The van der Waals surface area contributed by atoms with Crippen LogP contribution in [0.5, 0.6) is 0 Å². The van der Waals surface area contributed by atoms with Gasteiger partial charge in [0.25, 0.3) is 0 Å². The Morgan fingerprint density at radius 3 is 2.67 bits per heavy atom. The highest BCUT2D eigenvalue weighted by Crippen LogP contribution is 1.70. The molecular weight excluding hydrogens is 112 g/mol. The zero-order valence-corrected chi connectivity index (χ0v) is 5.20. The Morgan fingerprint density at radius 1 is 1.44 bits per heavy atom. The van der Waals surface area contributed by atoms with Gasteiger partial charge in [-0.05, 0) is 6.08 Å². The molecule has 1 aromatic rings. The monoisotopic (exact) mass is 121 g/mol. The third-order valence-corrected chi connectivity index (χ3v) is 1.03. The molecule has 2 heteroatoms. The van der Waals surface area contributed by atoms with Crippen LogP contribution in [0.25, 0.3) is 0 Å². The number of rotatable bonds is 2. The number of hydrogen-bond donors (Lipinski definition) is 0. The summed E-state index contributed by atoms with van der Waals surface area (Å²) in [7, 11) is 0. The molecule has 0 aromatic carbocycles. The molecular formula is C7H9N2+. The van der Waals surface area contributed by atoms with E-state index in [0.717, 1.165) is 6.54 Å². The molecule has 0 radical (unpaired) electrons. The predicted octanol–water partition coefficient (Wildman–Crippen LogP) is 0.555. The van der Waals surface area contributed by atoms with Gasteiger partial charge in [-0.1, -0.05) is 6.58 Å². The van der Waals surface area contributed by atoms with Gasteiger partial charge in [0.05, 0.1) is 12.4 Å². The molecule has 1 rings (SSSR count). The molecule has 0 amide bonds. The maximum Gasteiger partial charge on any atom is 0.187 e. The van der Waals surface area contributed by atoms with E-state index >= 15 is 0 Å². The van der Waals surface area contributed by atoms with E-state index in [1.165, 1.54) is 0 Å². The summed E-state index contributed by atoms with van der Waals surface area (Å²) in [6, 6.07) is 0. The van der Waals surface area contributed by atoms with Crippen LogP contribution in [0.1, 0.15) is 0 Å². The molecule has 0 aliphatic heterocycles. The molecule has 1 heterocycles. The average molecular weight is 121 g/mol. The van der Waals surface area contributed by atoms with E-state index in [4.69, 9.17) is 0 Å². The van der Waals surface area contributed by atoms with Crippen LogP contribution in [-0.4, -0.2) is 4.98 Å². The molecule has 0 atom stereocenters. The van der Waals surface area contributed by atoms with Crippen molar-refractivity contribution >= 4 is 0 Å². The number of hydrogen-bond acceptors (Lipinski definition) is 1. The van der Waals surface area contributed by atoms with Gasteiger partial charge in [0.2, 0.25) is 0 Å². The Morgan fingerprint density at radius 2 is 2.11 bits per heavy atom. The molecule has 0 aliphatic rings. The standard InChI is InChI=1S/C7H9N2/c1-2-5-9-6-3-8-4-7-9/h2-4,6-7H,1,5H2/q+1. The van der Waals surface area contributed by atoms with Gasteiger partial charge in [-0.25, -0.2) is 0 Å². The lowest BCUT2D eigenvalue weighted by Gasteiger charge is -1.85. The van der Waals surface area contributed by atoms with Gasteiger partial charge in [-0.2, -0.15) is 4.57 Å². The predicted molar refractivity (Wildman–Crippen MR) is 34.6 cm³/mol. The van der Waals surface area contributed by atoms with Crippen LogP contribution in [0.2, 0.25) is 0 Å². The van der Waals surface area contributed by atoms with E-state index in [1.807, 2.05) is 23.0 Å². The first-order chi connectivity index (χ1) is 4.43. The number of nitrogens with zero attached hydrogens (tertiary/aromatic N) is 2. The van der Waals surface area contributed by atoms with Crippen molar-refractivity contribution in [1.29, 1.82) is 0 Å². The van der Waals surface area contributed by atoms with Gasteiger partial charge < -0.3 is 0 Å². The van der Waals surface area contributed by atoms with Crippen molar-refractivity contribution in [3.63, 3.8) is 0 Å². The van der Waals surface area contributed by atoms with Crippen LogP contribution in [0.3, 0.4) is 0 Å². The maximum absolute atomic E-state index is 3.87. The summed E-state index contributed by atoms with van der Waals surface area (Å²) in [4.78, 5) is 3.87. The Labute approximate surface area is 54.5 Å². The Kier molecular flexibility index (Phi) is 1.96. The normalized spacial score (nSPS) is 8.89. The van der Waals surface area contributed by atoms with Crippen molar-refractivity contribution in [3.8, 4) is 0 Å². The molecule has 0 aliphatic carbocycles. The van der Waals surface area contributed by atoms with Gasteiger partial charge in [-0.15, -0.1) is 0 Å². The second kappa shape index (κ2) is 2.97. The molecule has 46 valence electrons. The summed E-state index contributed by atoms with van der Waals surface area (Å²) in [5, 5.41) is 0. The molecule has 9 heavy (non-hydrogen) atoms. The summed E-state index contributed by atoms with van der Waals surface area (Å²) in [5.41, 5.74) is 0. The SMILES string of the molecule is C=CC[n+]1ccncc1. The summed E-state index contributed by atoms with van der Waals surface area (Å²) in [5.74, 6) is 0. The molecule has 2 nitrogen and oxygen atoms in total. The van der Waals surface area contributed by atoms with E-state index in [-0.39, 0.29) is 0 Å². The summed E-state index contributed by atoms with van der Waals surface area (Å²) < 4.78 is 2.00. The van der Waals surface area contributed by atoms with Crippen LogP contribution < -0.4 is 4.57 Å². The van der Waals surface area contributed by atoms with Gasteiger partial charge in [0.15, 0.2) is 18.9 Å². The smallest absolute Gasteiger partial charge is 0.187 e. The lowest BCUT2D eigenvalue weighted by atomic mass is 10.6. The highest BCUT2D eigenvalue weighted by molar-refractivity contribution is 4.65. The minimum atomic E-state index is 0.850. The first-order valence-electron chi connectivity index (χ1n) is 2.83. The zero-order chi connectivity index (χ0) is 6.53. The van der Waals surface area contributed by atoms with Gasteiger partial charge in [0, 0.05) is 0 Å². The van der Waals surface area contributed by atoms with E-state index in [9.17, 15) is 0 Å². The van der Waals surface area contributed by atoms with Crippen LogP contribution in [0.4, 0.5) is 0 Å². The fraction of sp³-hybridized carbons (Fsp3) is 0.143. The van der Waals surface area contributed by atoms with Gasteiger partial charge in [0.1, 0.15) is 0 Å². The van der Waals surface area contributed by atoms with Gasteiger partial charge >= 0.3 is 0 Å². The third-order valence-electron chi connectivity index (χ3n) is 1.03. The first kappa shape index (κ1) is 5.95. The summed E-state index contributed by atoms with van der Waals surface area (Å²) in [6.07, 6.45) is 9.16. The lowest BCUT2D eigenvalue weighted by Crippen LogP contribution is -2.31. The van der Waals surface area contributed by atoms with Crippen molar-refractivity contribution in [3.05, 3.63) is 37.4 Å². The Bertz CT molecular complexity index is 181. The molecule has 1 aromatic heterocycles. The van der Waals surface area contributed by atoms with Crippen molar-refractivity contribution < 1.29 is 4.57 Å². The molecule has 0 fully saturated rings. The fourth-order valence-electron chi connectivity index (χ4n) is 0.618. The average Bonchev–Trinajstić information content (AvgIpc) is 1.91. The lowest BCUT2D eigenvalue weighted by molar-refractivity contribution is -0.687. The van der Waals surface area contributed by atoms with Crippen molar-refractivity contribution in [2.75, 3.05) is 0 Å². The summed E-state index contributed by atoms with van der Waals surface area (Å²) >= 11 is 0. The number of aromatic nitrogens is 2. The molecule has 0 saturated heterocycles. The summed E-state index contributed by atoms with van der Waals surface area (Å²) in [6.45, 7) is 4.46. The molecule has 0 bridgehead atoms. The fourth-order valence-corrected chi connectivity index (χ4v) is 0.618. The second-order valence-corrected chi connectivity index (χ2v) is 1.73. The zero-order valence-electron chi connectivity index (χ0n) is 5.20. The van der Waals surface area contributed by atoms with Gasteiger partial charge in [-0.3, -0.25) is 4.98 Å². The second-order valence-electron chi connectivity index (χ2n) is 1.73. The molecule has 0 unspecified atom stereocenters. The van der Waals surface area contributed by atoms with E-state index < -0.39 is 0 Å². The van der Waals surface area contributed by atoms with Crippen molar-refractivity contribution in [1.82, 2.24) is 4.98 Å². The van der Waals surface area contributed by atoms with Crippen molar-refractivity contribution in [2.24, 2.45) is 0 Å². The van der Waals surface area contributed by atoms with Crippen LogP contribution in [0.15, 0.2) is 37.4 Å². The first-order valence-corrected chi connectivity index (χ1v) is 2.83. The van der Waals surface area contributed by atoms with E-state index in [0.29, 0.717) is 0 Å². The Hall–Kier alpha value is -1.18. The topological polar surface area (TPSA) is 16.8 Å². The van der Waals surface area contributed by atoms with Crippen LogP contribution in [0, 0.1) is 0 Å². The maximum atomic E-state index is 3.87. The molecule has 0 N–H and O–H groups in total. The number of allylic oxidation sites excluding steroid dienone is 1. The minimum absolute atomic E-state index is 0.850. The van der Waals surface area contributed by atoms with Crippen molar-refractivity contribution in [2.45, 2.75) is 6.54 Å². The van der Waals surface area contributed by atoms with E-state index in [1.54, 1.807) is 12.4 Å².